The zero-order valence-corrected chi connectivity index (χ0v) is 10.9. The fourth-order valence-corrected chi connectivity index (χ4v) is 2.82. The Morgan fingerprint density at radius 1 is 1.47 bits per heavy atom. The van der Waals surface area contributed by atoms with E-state index in [2.05, 4.69) is 17.6 Å². The molecule has 0 amide bonds. The summed E-state index contributed by atoms with van der Waals surface area (Å²) in [5.41, 5.74) is 1.20. The van der Waals surface area contributed by atoms with E-state index in [4.69, 9.17) is 9.15 Å². The predicted molar refractivity (Wildman–Crippen MR) is 69.7 cm³/mol. The van der Waals surface area contributed by atoms with Crippen molar-refractivity contribution in [1.82, 2.24) is 5.32 Å². The standard InChI is InChI=1S/C13H17NO2S/c1-3-14-11(8-10-4-6-16-9-10)13-12(15-2)5-7-17-13/h4-7,9,11,14H,3,8H2,1-2H3. The summed E-state index contributed by atoms with van der Waals surface area (Å²) in [6.07, 6.45) is 4.43. The van der Waals surface area contributed by atoms with Crippen LogP contribution in [0.5, 0.6) is 5.75 Å². The third kappa shape index (κ3) is 2.90. The van der Waals surface area contributed by atoms with E-state index in [1.54, 1.807) is 31.0 Å². The number of thiophene rings is 1. The SMILES string of the molecule is CCNC(Cc1ccoc1)c1sccc1OC. The molecule has 0 saturated heterocycles. The zero-order valence-electron chi connectivity index (χ0n) is 10.1. The lowest BCUT2D eigenvalue weighted by Gasteiger charge is -2.17. The Bertz CT molecular complexity index is 436. The van der Waals surface area contributed by atoms with Gasteiger partial charge in [-0.15, -0.1) is 11.3 Å². The van der Waals surface area contributed by atoms with Crippen molar-refractivity contribution in [3.63, 3.8) is 0 Å². The first-order chi connectivity index (χ1) is 8.35. The van der Waals surface area contributed by atoms with Crippen LogP contribution >= 0.6 is 11.3 Å². The van der Waals surface area contributed by atoms with Gasteiger partial charge in [-0.1, -0.05) is 6.92 Å². The number of hydrogen-bond acceptors (Lipinski definition) is 4. The quantitative estimate of drug-likeness (QED) is 0.856. The second-order valence-corrected chi connectivity index (χ2v) is 4.75. The largest absolute Gasteiger partial charge is 0.496 e. The first-order valence-corrected chi connectivity index (χ1v) is 6.59. The Kier molecular flexibility index (Phi) is 4.23. The van der Waals surface area contributed by atoms with Crippen LogP contribution in [0.4, 0.5) is 0 Å². The molecule has 0 aromatic carbocycles. The highest BCUT2D eigenvalue weighted by molar-refractivity contribution is 7.10. The molecule has 1 N–H and O–H groups in total. The molecule has 17 heavy (non-hydrogen) atoms. The minimum absolute atomic E-state index is 0.285. The van der Waals surface area contributed by atoms with Gasteiger partial charge in [-0.05, 0) is 36.0 Å². The fraction of sp³-hybridized carbons (Fsp3) is 0.385. The minimum Gasteiger partial charge on any atom is -0.496 e. The molecule has 0 aliphatic rings. The van der Waals surface area contributed by atoms with Crippen LogP contribution in [-0.2, 0) is 6.42 Å². The third-order valence-corrected chi connectivity index (χ3v) is 3.68. The van der Waals surface area contributed by atoms with Crippen LogP contribution in [0.25, 0.3) is 0 Å². The number of methoxy groups -OCH3 is 1. The maximum absolute atomic E-state index is 5.38. The van der Waals surface area contributed by atoms with Crippen molar-refractivity contribution >= 4 is 11.3 Å². The topological polar surface area (TPSA) is 34.4 Å². The Morgan fingerprint density at radius 2 is 2.35 bits per heavy atom. The molecule has 2 heterocycles. The van der Waals surface area contributed by atoms with Crippen LogP contribution in [0.15, 0.2) is 34.5 Å². The highest BCUT2D eigenvalue weighted by atomic mass is 32.1. The highest BCUT2D eigenvalue weighted by Crippen LogP contribution is 2.32. The lowest BCUT2D eigenvalue weighted by Crippen LogP contribution is -2.22. The van der Waals surface area contributed by atoms with Crippen LogP contribution < -0.4 is 10.1 Å². The smallest absolute Gasteiger partial charge is 0.134 e. The van der Waals surface area contributed by atoms with E-state index in [-0.39, 0.29) is 6.04 Å². The van der Waals surface area contributed by atoms with E-state index in [0.717, 1.165) is 18.7 Å². The molecule has 1 atom stereocenters. The molecule has 0 aliphatic carbocycles. The Morgan fingerprint density at radius 3 is 3.00 bits per heavy atom. The van der Waals surface area contributed by atoms with Crippen molar-refractivity contribution < 1.29 is 9.15 Å². The molecule has 3 nitrogen and oxygen atoms in total. The van der Waals surface area contributed by atoms with Gasteiger partial charge in [0.25, 0.3) is 0 Å². The van der Waals surface area contributed by atoms with E-state index in [0.29, 0.717) is 0 Å². The molecule has 1 unspecified atom stereocenters. The van der Waals surface area contributed by atoms with E-state index in [9.17, 15) is 0 Å². The van der Waals surface area contributed by atoms with Crippen LogP contribution in [0, 0.1) is 0 Å². The Labute approximate surface area is 105 Å². The average Bonchev–Trinajstić information content (AvgIpc) is 2.98. The molecule has 0 aliphatic heterocycles. The van der Waals surface area contributed by atoms with E-state index in [1.165, 1.54) is 10.4 Å². The lowest BCUT2D eigenvalue weighted by atomic mass is 10.1. The van der Waals surface area contributed by atoms with Gasteiger partial charge in [-0.25, -0.2) is 0 Å². The van der Waals surface area contributed by atoms with E-state index in [1.807, 2.05) is 12.1 Å². The molecular weight excluding hydrogens is 234 g/mol. The first kappa shape index (κ1) is 12.2. The number of furan rings is 1. The molecule has 0 bridgehead atoms. The van der Waals surface area contributed by atoms with Crippen molar-refractivity contribution in [3.05, 3.63) is 40.5 Å². The van der Waals surface area contributed by atoms with Gasteiger partial charge in [0.05, 0.1) is 24.5 Å². The minimum atomic E-state index is 0.285. The summed E-state index contributed by atoms with van der Waals surface area (Å²) in [6, 6.07) is 4.30. The van der Waals surface area contributed by atoms with Crippen molar-refractivity contribution in [2.45, 2.75) is 19.4 Å². The average molecular weight is 251 g/mol. The molecule has 2 rings (SSSR count). The number of nitrogens with one attached hydrogen (secondary N) is 1. The monoisotopic (exact) mass is 251 g/mol. The fourth-order valence-electron chi connectivity index (χ4n) is 1.88. The maximum atomic E-state index is 5.38. The molecular formula is C13H17NO2S. The van der Waals surface area contributed by atoms with Crippen molar-refractivity contribution in [3.8, 4) is 5.75 Å². The van der Waals surface area contributed by atoms with Crippen LogP contribution in [0.3, 0.4) is 0 Å². The van der Waals surface area contributed by atoms with Gasteiger partial charge in [0.2, 0.25) is 0 Å². The predicted octanol–water partition coefficient (Wildman–Crippen LogP) is 3.24. The molecule has 4 heteroatoms. The van der Waals surface area contributed by atoms with Gasteiger partial charge in [-0.2, -0.15) is 0 Å². The summed E-state index contributed by atoms with van der Waals surface area (Å²) in [6.45, 7) is 3.05. The second kappa shape index (κ2) is 5.89. The summed E-state index contributed by atoms with van der Waals surface area (Å²) in [4.78, 5) is 1.25. The summed E-state index contributed by atoms with van der Waals surface area (Å²) in [7, 11) is 1.71. The lowest BCUT2D eigenvalue weighted by molar-refractivity contribution is 0.403. The molecule has 2 aromatic heterocycles. The zero-order chi connectivity index (χ0) is 12.1. The molecule has 0 spiro atoms. The number of likely N-dealkylation sites (N-methyl/N-ethyl adjacent to an activating group) is 1. The third-order valence-electron chi connectivity index (χ3n) is 2.66. The summed E-state index contributed by atoms with van der Waals surface area (Å²) in [5.74, 6) is 0.962. The molecule has 0 fully saturated rings. The van der Waals surface area contributed by atoms with E-state index >= 15 is 0 Å². The van der Waals surface area contributed by atoms with Gasteiger partial charge < -0.3 is 14.5 Å². The Hall–Kier alpha value is -1.26. The summed E-state index contributed by atoms with van der Waals surface area (Å²) < 4.78 is 10.5. The van der Waals surface area contributed by atoms with Crippen molar-refractivity contribution in [2.24, 2.45) is 0 Å². The van der Waals surface area contributed by atoms with Crippen molar-refractivity contribution in [2.75, 3.05) is 13.7 Å². The number of ether oxygens (including phenoxy) is 1. The van der Waals surface area contributed by atoms with Crippen molar-refractivity contribution in [1.29, 1.82) is 0 Å². The van der Waals surface area contributed by atoms with E-state index < -0.39 is 0 Å². The highest BCUT2D eigenvalue weighted by Gasteiger charge is 2.17. The normalized spacial score (nSPS) is 12.6. The Balaban J connectivity index is 2.16. The van der Waals surface area contributed by atoms with Gasteiger partial charge in [0.1, 0.15) is 5.75 Å². The second-order valence-electron chi connectivity index (χ2n) is 3.80. The first-order valence-electron chi connectivity index (χ1n) is 5.71. The maximum Gasteiger partial charge on any atom is 0.134 e. The molecule has 2 aromatic rings. The van der Waals surface area contributed by atoms with Crippen LogP contribution in [-0.4, -0.2) is 13.7 Å². The van der Waals surface area contributed by atoms with Gasteiger partial charge in [-0.3, -0.25) is 0 Å². The molecule has 0 saturated carbocycles. The summed E-state index contributed by atoms with van der Waals surface area (Å²) in [5, 5.41) is 5.55. The number of rotatable bonds is 6. The molecule has 92 valence electrons. The van der Waals surface area contributed by atoms with Gasteiger partial charge >= 0.3 is 0 Å². The van der Waals surface area contributed by atoms with Gasteiger partial charge in [0.15, 0.2) is 0 Å². The summed E-state index contributed by atoms with van der Waals surface area (Å²) >= 11 is 1.73. The van der Waals surface area contributed by atoms with Crippen LogP contribution in [0.2, 0.25) is 0 Å². The van der Waals surface area contributed by atoms with Crippen LogP contribution in [0.1, 0.15) is 23.4 Å². The van der Waals surface area contributed by atoms with Gasteiger partial charge in [0, 0.05) is 6.04 Å². The number of hydrogen-bond donors (Lipinski definition) is 1. The molecule has 0 radical (unpaired) electrons.